The number of aliphatic carboxylic acids is 4. The van der Waals surface area contributed by atoms with E-state index >= 15 is 0 Å². The first kappa shape index (κ1) is 36.0. The minimum Gasteiger partial charge on any atom is -0.492 e. The molecule has 0 bridgehead atoms. The molecule has 2 aromatic carbocycles. The SMILES string of the molecule is Cc1ccc(OCCN2CCN(C)CC2)c(Cc2ccccc2)c1.O=C(O)CC(O)C(=O)O.O=C(O)CC(O)C(=O)O. The van der Waals surface area contributed by atoms with Crippen LogP contribution in [0.1, 0.15) is 29.5 Å². The van der Waals surface area contributed by atoms with Crippen molar-refractivity contribution in [2.75, 3.05) is 46.4 Å². The van der Waals surface area contributed by atoms with Crippen molar-refractivity contribution in [1.29, 1.82) is 0 Å². The third-order valence-electron chi connectivity index (χ3n) is 6.02. The van der Waals surface area contributed by atoms with Crippen LogP contribution in [-0.2, 0) is 25.6 Å². The summed E-state index contributed by atoms with van der Waals surface area (Å²) >= 11 is 0. The molecule has 0 radical (unpaired) electrons. The number of aryl methyl sites for hydroxylation is 1. The van der Waals surface area contributed by atoms with Gasteiger partial charge < -0.3 is 40.3 Å². The zero-order valence-electron chi connectivity index (χ0n) is 23.8. The number of aliphatic hydroxyl groups is 2. The van der Waals surface area contributed by atoms with Gasteiger partial charge in [-0.05, 0) is 31.2 Å². The van der Waals surface area contributed by atoms with Crippen molar-refractivity contribution in [1.82, 2.24) is 9.80 Å². The number of nitrogens with zero attached hydrogens (tertiary/aromatic N) is 2. The van der Waals surface area contributed by atoms with Gasteiger partial charge in [0.15, 0.2) is 12.2 Å². The first-order valence-electron chi connectivity index (χ1n) is 13.2. The van der Waals surface area contributed by atoms with Gasteiger partial charge in [-0.3, -0.25) is 14.5 Å². The van der Waals surface area contributed by atoms with Gasteiger partial charge in [0.25, 0.3) is 0 Å². The van der Waals surface area contributed by atoms with Crippen LogP contribution in [-0.4, -0.2) is 123 Å². The molecule has 1 heterocycles. The Morgan fingerprint density at radius 1 is 0.810 bits per heavy atom. The Morgan fingerprint density at radius 3 is 1.79 bits per heavy atom. The van der Waals surface area contributed by atoms with Crippen molar-refractivity contribution < 1.29 is 54.6 Å². The Bertz CT molecular complexity index is 1100. The zero-order valence-corrected chi connectivity index (χ0v) is 23.8. The molecule has 3 rings (SSSR count). The van der Waals surface area contributed by atoms with Gasteiger partial charge in [0.1, 0.15) is 12.4 Å². The highest BCUT2D eigenvalue weighted by Crippen LogP contribution is 2.23. The molecule has 1 aliphatic heterocycles. The fourth-order valence-electron chi connectivity index (χ4n) is 3.66. The summed E-state index contributed by atoms with van der Waals surface area (Å²) in [5.74, 6) is -4.66. The van der Waals surface area contributed by atoms with Gasteiger partial charge >= 0.3 is 23.9 Å². The van der Waals surface area contributed by atoms with Crippen molar-refractivity contribution in [3.05, 3.63) is 65.2 Å². The smallest absolute Gasteiger partial charge is 0.333 e. The molecule has 2 aromatic rings. The first-order valence-corrected chi connectivity index (χ1v) is 13.2. The maximum absolute atomic E-state index is 9.72. The van der Waals surface area contributed by atoms with E-state index in [0.29, 0.717) is 0 Å². The predicted molar refractivity (Wildman–Crippen MR) is 152 cm³/mol. The van der Waals surface area contributed by atoms with Crippen LogP contribution in [0.2, 0.25) is 0 Å². The van der Waals surface area contributed by atoms with E-state index in [0.717, 1.165) is 51.5 Å². The number of carbonyl (C=O) groups is 4. The molecule has 2 atom stereocenters. The normalized spacial score (nSPS) is 14.7. The topological polar surface area (TPSA) is 205 Å². The molecule has 0 aliphatic carbocycles. The number of likely N-dealkylation sites (N-methyl/N-ethyl adjacent to an activating group) is 1. The average molecular weight is 593 g/mol. The molecule has 0 amide bonds. The van der Waals surface area contributed by atoms with Gasteiger partial charge in [-0.2, -0.15) is 0 Å². The monoisotopic (exact) mass is 592 g/mol. The van der Waals surface area contributed by atoms with E-state index in [2.05, 4.69) is 72.3 Å². The van der Waals surface area contributed by atoms with E-state index in [9.17, 15) is 19.2 Å². The fourth-order valence-corrected chi connectivity index (χ4v) is 3.66. The summed E-state index contributed by atoms with van der Waals surface area (Å²) in [6.07, 6.45) is -4.16. The molecule has 1 saturated heterocycles. The molecule has 1 fully saturated rings. The number of carboxylic acids is 4. The summed E-state index contributed by atoms with van der Waals surface area (Å²) in [7, 11) is 2.19. The van der Waals surface area contributed by atoms with Gasteiger partial charge in [0.2, 0.25) is 0 Å². The number of ether oxygens (including phenoxy) is 1. The molecule has 42 heavy (non-hydrogen) atoms. The lowest BCUT2D eigenvalue weighted by Gasteiger charge is -2.32. The van der Waals surface area contributed by atoms with E-state index in [4.69, 9.17) is 35.4 Å². The van der Waals surface area contributed by atoms with Crippen LogP contribution in [0.5, 0.6) is 5.75 Å². The van der Waals surface area contributed by atoms with Crippen molar-refractivity contribution >= 4 is 23.9 Å². The van der Waals surface area contributed by atoms with E-state index in [1.807, 2.05) is 0 Å². The largest absolute Gasteiger partial charge is 0.492 e. The Hall–Kier alpha value is -4.04. The van der Waals surface area contributed by atoms with Gasteiger partial charge in [-0.25, -0.2) is 9.59 Å². The highest BCUT2D eigenvalue weighted by molar-refractivity contribution is 5.79. The van der Waals surface area contributed by atoms with Crippen molar-refractivity contribution in [2.24, 2.45) is 0 Å². The lowest BCUT2D eigenvalue weighted by atomic mass is 10.0. The lowest BCUT2D eigenvalue weighted by Crippen LogP contribution is -2.45. The Kier molecular flexibility index (Phi) is 16.4. The van der Waals surface area contributed by atoms with Gasteiger partial charge in [-0.1, -0.05) is 48.0 Å². The molecule has 0 spiro atoms. The van der Waals surface area contributed by atoms with Gasteiger partial charge in [0, 0.05) is 39.1 Å². The number of hydrogen-bond donors (Lipinski definition) is 6. The summed E-state index contributed by atoms with van der Waals surface area (Å²) in [5.41, 5.74) is 3.89. The van der Waals surface area contributed by atoms with Crippen molar-refractivity contribution in [2.45, 2.75) is 38.4 Å². The second kappa shape index (κ2) is 19.1. The van der Waals surface area contributed by atoms with Crippen LogP contribution in [0.4, 0.5) is 0 Å². The minimum atomic E-state index is -1.79. The fraction of sp³-hybridized carbons (Fsp3) is 0.448. The van der Waals surface area contributed by atoms with Crippen LogP contribution in [0.3, 0.4) is 0 Å². The number of aliphatic hydroxyl groups excluding tert-OH is 2. The van der Waals surface area contributed by atoms with Gasteiger partial charge in [-0.15, -0.1) is 0 Å². The Morgan fingerprint density at radius 2 is 1.33 bits per heavy atom. The van der Waals surface area contributed by atoms with E-state index < -0.39 is 48.9 Å². The second-order valence-electron chi connectivity index (χ2n) is 9.67. The summed E-state index contributed by atoms with van der Waals surface area (Å²) in [4.78, 5) is 43.7. The Balaban J connectivity index is 0.000000405. The van der Waals surface area contributed by atoms with Crippen LogP contribution in [0.25, 0.3) is 0 Å². The number of hydrogen-bond acceptors (Lipinski definition) is 9. The second-order valence-corrected chi connectivity index (χ2v) is 9.67. The highest BCUT2D eigenvalue weighted by Gasteiger charge is 2.17. The van der Waals surface area contributed by atoms with Crippen LogP contribution in [0, 0.1) is 6.92 Å². The molecular formula is C29H40N2O11. The van der Waals surface area contributed by atoms with Crippen molar-refractivity contribution in [3.63, 3.8) is 0 Å². The quantitative estimate of drug-likeness (QED) is 0.204. The minimum absolute atomic E-state index is 0.755. The molecule has 2 unspecified atom stereocenters. The molecule has 13 nitrogen and oxygen atoms in total. The van der Waals surface area contributed by atoms with Crippen molar-refractivity contribution in [3.8, 4) is 5.75 Å². The first-order chi connectivity index (χ1) is 19.8. The molecular weight excluding hydrogens is 552 g/mol. The van der Waals surface area contributed by atoms with E-state index in [1.165, 1.54) is 16.7 Å². The molecule has 6 N–H and O–H groups in total. The van der Waals surface area contributed by atoms with E-state index in [1.54, 1.807) is 0 Å². The standard InChI is InChI=1S/C21H28N2O.2C4H6O5/c1-18-8-9-21(20(16-18)17-19-6-4-3-5-7-19)24-15-14-23-12-10-22(2)11-13-23;2*5-2(4(8)9)1-3(6)7/h3-9,16H,10-15,17H2,1-2H3;2*2,5H,1H2,(H,6,7)(H,8,9). The number of benzene rings is 2. The summed E-state index contributed by atoms with van der Waals surface area (Å²) in [5, 5.41) is 48.3. The predicted octanol–water partition coefficient (Wildman–Crippen LogP) is 1.03. The van der Waals surface area contributed by atoms with E-state index in [-0.39, 0.29) is 0 Å². The zero-order chi connectivity index (χ0) is 31.7. The van der Waals surface area contributed by atoms with Crippen LogP contribution < -0.4 is 4.74 Å². The molecule has 232 valence electrons. The molecule has 0 aromatic heterocycles. The average Bonchev–Trinajstić information content (AvgIpc) is 2.91. The number of piperazine rings is 1. The molecule has 0 saturated carbocycles. The van der Waals surface area contributed by atoms with Crippen LogP contribution in [0.15, 0.2) is 48.5 Å². The lowest BCUT2D eigenvalue weighted by molar-refractivity contribution is -0.153. The third kappa shape index (κ3) is 15.7. The van der Waals surface area contributed by atoms with Gasteiger partial charge in [0.05, 0.1) is 12.8 Å². The highest BCUT2D eigenvalue weighted by atomic mass is 16.5. The summed E-state index contributed by atoms with van der Waals surface area (Å²) in [6, 6.07) is 17.1. The maximum atomic E-state index is 9.72. The molecule has 13 heteroatoms. The summed E-state index contributed by atoms with van der Waals surface area (Å²) in [6.45, 7) is 8.51. The third-order valence-corrected chi connectivity index (χ3v) is 6.02. The van der Waals surface area contributed by atoms with Crippen LogP contribution >= 0.6 is 0 Å². The maximum Gasteiger partial charge on any atom is 0.333 e. The molecule has 1 aliphatic rings. The number of rotatable bonds is 12. The number of carboxylic acid groups (broad SMARTS) is 4. The summed E-state index contributed by atoms with van der Waals surface area (Å²) < 4.78 is 6.14. The Labute approximate surface area is 244 Å².